The van der Waals surface area contributed by atoms with Crippen molar-refractivity contribution in [1.82, 2.24) is 9.97 Å². The van der Waals surface area contributed by atoms with E-state index in [1.165, 1.54) is 20.3 Å². The van der Waals surface area contributed by atoms with Crippen molar-refractivity contribution in [2.45, 2.75) is 19.8 Å². The molecule has 112 valence electrons. The monoisotopic (exact) mass is 308 g/mol. The molecule has 0 amide bonds. The minimum Gasteiger partial charge on any atom is -0.493 e. The maximum absolute atomic E-state index is 11.8. The summed E-state index contributed by atoms with van der Waals surface area (Å²) in [5.41, 5.74) is 1.09. The van der Waals surface area contributed by atoms with Crippen molar-refractivity contribution >= 4 is 11.6 Å². The summed E-state index contributed by atoms with van der Waals surface area (Å²) in [4.78, 5) is 18.9. The Morgan fingerprint density at radius 3 is 2.52 bits per heavy atom. The lowest BCUT2D eigenvalue weighted by Crippen LogP contribution is -2.11. The van der Waals surface area contributed by atoms with Crippen LogP contribution in [0.25, 0.3) is 11.4 Å². The largest absolute Gasteiger partial charge is 0.493 e. The van der Waals surface area contributed by atoms with Crippen molar-refractivity contribution < 1.29 is 9.47 Å². The molecule has 0 aliphatic heterocycles. The van der Waals surface area contributed by atoms with Crippen molar-refractivity contribution in [2.24, 2.45) is 0 Å². The van der Waals surface area contributed by atoms with Crippen molar-refractivity contribution in [2.75, 3.05) is 14.2 Å². The Kier molecular flexibility index (Phi) is 4.53. The summed E-state index contributed by atoms with van der Waals surface area (Å²) in [6.45, 7) is 3.95. The second-order valence-electron chi connectivity index (χ2n) is 4.84. The Morgan fingerprint density at radius 2 is 1.95 bits per heavy atom. The molecule has 0 radical (unpaired) electrons. The van der Waals surface area contributed by atoms with Gasteiger partial charge in [-0.05, 0) is 18.1 Å². The maximum Gasteiger partial charge on any atom is 0.251 e. The van der Waals surface area contributed by atoms with E-state index in [0.29, 0.717) is 33.6 Å². The number of benzene rings is 1. The van der Waals surface area contributed by atoms with Crippen LogP contribution >= 0.6 is 11.6 Å². The number of H-pyrrole nitrogens is 1. The molecular formula is C15H17ClN2O3. The Labute approximate surface area is 127 Å². The molecule has 6 heteroatoms. The van der Waals surface area contributed by atoms with Crippen LogP contribution < -0.4 is 15.0 Å². The Bertz CT molecular complexity index is 711. The van der Waals surface area contributed by atoms with Gasteiger partial charge in [0.25, 0.3) is 5.56 Å². The van der Waals surface area contributed by atoms with E-state index in [0.717, 1.165) is 0 Å². The first-order valence-electron chi connectivity index (χ1n) is 6.50. The highest BCUT2D eigenvalue weighted by molar-refractivity contribution is 6.35. The highest BCUT2D eigenvalue weighted by Gasteiger charge is 2.16. The van der Waals surface area contributed by atoms with Crippen molar-refractivity contribution in [1.29, 1.82) is 0 Å². The third-order valence-corrected chi connectivity index (χ3v) is 3.47. The molecule has 0 unspecified atom stereocenters. The number of hydrogen-bond donors (Lipinski definition) is 1. The van der Waals surface area contributed by atoms with Crippen LogP contribution in [-0.2, 0) is 0 Å². The molecule has 2 aromatic rings. The second-order valence-corrected chi connectivity index (χ2v) is 5.21. The average Bonchev–Trinajstić information content (AvgIpc) is 2.45. The van der Waals surface area contributed by atoms with Crippen LogP contribution in [0.2, 0.25) is 5.02 Å². The van der Waals surface area contributed by atoms with Gasteiger partial charge < -0.3 is 14.5 Å². The summed E-state index contributed by atoms with van der Waals surface area (Å²) < 4.78 is 10.5. The van der Waals surface area contributed by atoms with E-state index in [4.69, 9.17) is 21.1 Å². The van der Waals surface area contributed by atoms with Gasteiger partial charge >= 0.3 is 0 Å². The number of methoxy groups -OCH3 is 2. The molecule has 0 aliphatic carbocycles. The van der Waals surface area contributed by atoms with E-state index >= 15 is 0 Å². The van der Waals surface area contributed by atoms with Crippen LogP contribution in [0.4, 0.5) is 0 Å². The molecule has 0 atom stereocenters. The summed E-state index contributed by atoms with van der Waals surface area (Å²) in [5.74, 6) is 1.49. The number of halogens is 1. The molecule has 0 fully saturated rings. The highest BCUT2D eigenvalue weighted by atomic mass is 35.5. The number of rotatable bonds is 4. The standard InChI is InChI=1S/C15H17ClN2O3/c1-8(2)10-7-12(19)18-15(17-10)9-5-6-11(20-3)14(21-4)13(9)16/h5-8H,1-4H3,(H,17,18,19). The van der Waals surface area contributed by atoms with E-state index in [9.17, 15) is 4.79 Å². The summed E-state index contributed by atoms with van der Waals surface area (Å²) >= 11 is 6.34. The molecule has 21 heavy (non-hydrogen) atoms. The van der Waals surface area contributed by atoms with Gasteiger partial charge in [-0.15, -0.1) is 0 Å². The average molecular weight is 309 g/mol. The van der Waals surface area contributed by atoms with Crippen molar-refractivity contribution in [3.8, 4) is 22.9 Å². The molecule has 2 rings (SSSR count). The number of aromatic nitrogens is 2. The highest BCUT2D eigenvalue weighted by Crippen LogP contribution is 2.40. The van der Waals surface area contributed by atoms with Gasteiger partial charge in [-0.1, -0.05) is 25.4 Å². The molecule has 1 N–H and O–H groups in total. The van der Waals surface area contributed by atoms with Gasteiger partial charge in [0.05, 0.1) is 24.9 Å². The summed E-state index contributed by atoms with van der Waals surface area (Å²) in [6, 6.07) is 4.96. The molecule has 0 aliphatic rings. The number of nitrogens with zero attached hydrogens (tertiary/aromatic N) is 1. The topological polar surface area (TPSA) is 64.2 Å². The fourth-order valence-corrected chi connectivity index (χ4v) is 2.29. The van der Waals surface area contributed by atoms with Crippen LogP contribution in [0, 0.1) is 0 Å². The zero-order valence-electron chi connectivity index (χ0n) is 12.4. The quantitative estimate of drug-likeness (QED) is 0.942. The van der Waals surface area contributed by atoms with E-state index in [-0.39, 0.29) is 11.5 Å². The number of ether oxygens (including phenoxy) is 2. The first-order valence-corrected chi connectivity index (χ1v) is 6.87. The fourth-order valence-electron chi connectivity index (χ4n) is 1.97. The molecule has 5 nitrogen and oxygen atoms in total. The van der Waals surface area contributed by atoms with Gasteiger partial charge in [-0.25, -0.2) is 4.98 Å². The van der Waals surface area contributed by atoms with Crippen molar-refractivity contribution in [3.05, 3.63) is 39.3 Å². The van der Waals surface area contributed by atoms with Gasteiger partial charge in [0, 0.05) is 11.6 Å². The Balaban J connectivity index is 2.65. The molecule has 0 saturated carbocycles. The number of hydrogen-bond acceptors (Lipinski definition) is 4. The SMILES string of the molecule is COc1ccc(-c2nc(C(C)C)cc(=O)[nH]2)c(Cl)c1OC. The third-order valence-electron chi connectivity index (χ3n) is 3.09. The van der Waals surface area contributed by atoms with Gasteiger partial charge in [-0.2, -0.15) is 0 Å². The number of nitrogens with one attached hydrogen (secondary N) is 1. The predicted octanol–water partition coefficient (Wildman–Crippen LogP) is 3.23. The normalized spacial score (nSPS) is 10.8. The number of aromatic amines is 1. The van der Waals surface area contributed by atoms with Crippen LogP contribution in [0.1, 0.15) is 25.5 Å². The zero-order chi connectivity index (χ0) is 15.6. The van der Waals surface area contributed by atoms with Crippen LogP contribution in [-0.4, -0.2) is 24.2 Å². The smallest absolute Gasteiger partial charge is 0.251 e. The lowest BCUT2D eigenvalue weighted by Gasteiger charge is -2.13. The lowest BCUT2D eigenvalue weighted by molar-refractivity contribution is 0.355. The Hall–Kier alpha value is -2.01. The Morgan fingerprint density at radius 1 is 1.24 bits per heavy atom. The van der Waals surface area contributed by atoms with Crippen LogP contribution in [0.5, 0.6) is 11.5 Å². The third kappa shape index (κ3) is 3.03. The van der Waals surface area contributed by atoms with Gasteiger partial charge in [0.1, 0.15) is 5.82 Å². The molecule has 1 heterocycles. The summed E-state index contributed by atoms with van der Waals surface area (Å²) in [5, 5.41) is 0.348. The molecular weight excluding hydrogens is 292 g/mol. The van der Waals surface area contributed by atoms with E-state index < -0.39 is 0 Å². The molecule has 1 aromatic heterocycles. The summed E-state index contributed by atoms with van der Waals surface area (Å²) in [7, 11) is 3.04. The van der Waals surface area contributed by atoms with E-state index in [1.54, 1.807) is 12.1 Å². The van der Waals surface area contributed by atoms with Crippen molar-refractivity contribution in [3.63, 3.8) is 0 Å². The van der Waals surface area contributed by atoms with Gasteiger partial charge in [0.2, 0.25) is 0 Å². The van der Waals surface area contributed by atoms with Gasteiger partial charge in [-0.3, -0.25) is 4.79 Å². The predicted molar refractivity (Wildman–Crippen MR) is 82.5 cm³/mol. The van der Waals surface area contributed by atoms with E-state index in [1.807, 2.05) is 13.8 Å². The van der Waals surface area contributed by atoms with E-state index in [2.05, 4.69) is 9.97 Å². The zero-order valence-corrected chi connectivity index (χ0v) is 13.1. The second kappa shape index (κ2) is 6.18. The minimum absolute atomic E-state index is 0.143. The van der Waals surface area contributed by atoms with Crippen LogP contribution in [0.3, 0.4) is 0 Å². The lowest BCUT2D eigenvalue weighted by atomic mass is 10.1. The summed E-state index contributed by atoms with van der Waals surface area (Å²) in [6.07, 6.45) is 0. The minimum atomic E-state index is -0.213. The fraction of sp³-hybridized carbons (Fsp3) is 0.333. The molecule has 0 bridgehead atoms. The maximum atomic E-state index is 11.8. The molecule has 1 aromatic carbocycles. The first kappa shape index (κ1) is 15.4. The first-order chi connectivity index (χ1) is 9.97. The van der Waals surface area contributed by atoms with Crippen LogP contribution in [0.15, 0.2) is 23.0 Å². The van der Waals surface area contributed by atoms with Gasteiger partial charge in [0.15, 0.2) is 11.5 Å². The molecule has 0 saturated heterocycles. The molecule has 0 spiro atoms.